The fourth-order valence-corrected chi connectivity index (χ4v) is 2.07. The zero-order chi connectivity index (χ0) is 10.7. The summed E-state index contributed by atoms with van der Waals surface area (Å²) in [5.74, 6) is -0.111. The van der Waals surface area contributed by atoms with Crippen LogP contribution >= 0.6 is 0 Å². The van der Waals surface area contributed by atoms with Crippen LogP contribution in [-0.4, -0.2) is 55.4 Å². The number of hydrogen-bond donors (Lipinski definition) is 3. The molecule has 14 heavy (non-hydrogen) atoms. The van der Waals surface area contributed by atoms with E-state index in [-0.39, 0.29) is 18.6 Å². The summed E-state index contributed by atoms with van der Waals surface area (Å²) in [5.41, 5.74) is 5.78. The quantitative estimate of drug-likeness (QED) is 0.534. The number of aliphatic hydroxyl groups excluding tert-OH is 2. The Morgan fingerprint density at radius 2 is 2.00 bits per heavy atom. The Balaban J connectivity index is 2.71. The Kier molecular flexibility index (Phi) is 4.28. The first-order valence-electron chi connectivity index (χ1n) is 4.75. The lowest BCUT2D eigenvalue weighted by molar-refractivity contribution is -0.129. The Labute approximate surface area is 83.8 Å². The number of aliphatic hydroxyl groups is 2. The van der Waals surface area contributed by atoms with E-state index in [9.17, 15) is 5.11 Å². The maximum Gasteiger partial charge on any atom is 0.0981 e. The first kappa shape index (κ1) is 11.9. The summed E-state index contributed by atoms with van der Waals surface area (Å²) in [5, 5.41) is 18.9. The van der Waals surface area contributed by atoms with Crippen LogP contribution in [-0.2, 0) is 9.47 Å². The summed E-state index contributed by atoms with van der Waals surface area (Å²) in [6.45, 7) is -0.0256. The van der Waals surface area contributed by atoms with E-state index in [1.807, 2.05) is 0 Å². The number of methoxy groups -OCH3 is 2. The highest BCUT2D eigenvalue weighted by Crippen LogP contribution is 2.27. The molecule has 1 aliphatic rings. The molecule has 0 aromatic carbocycles. The van der Waals surface area contributed by atoms with E-state index < -0.39 is 18.2 Å². The monoisotopic (exact) mass is 205 g/mol. The van der Waals surface area contributed by atoms with Gasteiger partial charge in [0.05, 0.1) is 24.4 Å². The van der Waals surface area contributed by atoms with Crippen molar-refractivity contribution >= 4 is 0 Å². The van der Waals surface area contributed by atoms with Crippen molar-refractivity contribution in [3.63, 3.8) is 0 Å². The van der Waals surface area contributed by atoms with Crippen LogP contribution in [0.1, 0.15) is 6.42 Å². The second-order valence-electron chi connectivity index (χ2n) is 3.72. The Morgan fingerprint density at radius 3 is 2.43 bits per heavy atom. The molecule has 1 fully saturated rings. The minimum atomic E-state index is -0.782. The van der Waals surface area contributed by atoms with Crippen molar-refractivity contribution in [3.8, 4) is 0 Å². The molecule has 0 amide bonds. The van der Waals surface area contributed by atoms with E-state index in [1.54, 1.807) is 7.11 Å². The number of rotatable bonds is 3. The molecular weight excluding hydrogens is 186 g/mol. The van der Waals surface area contributed by atoms with Crippen LogP contribution < -0.4 is 5.73 Å². The third-order valence-corrected chi connectivity index (χ3v) is 2.97. The van der Waals surface area contributed by atoms with Gasteiger partial charge in [-0.1, -0.05) is 0 Å². The molecule has 5 nitrogen and oxygen atoms in total. The summed E-state index contributed by atoms with van der Waals surface area (Å²) >= 11 is 0. The van der Waals surface area contributed by atoms with E-state index in [0.29, 0.717) is 6.42 Å². The zero-order valence-corrected chi connectivity index (χ0v) is 8.59. The van der Waals surface area contributed by atoms with Gasteiger partial charge in [-0.3, -0.25) is 0 Å². The summed E-state index contributed by atoms with van der Waals surface area (Å²) < 4.78 is 10.3. The molecule has 0 saturated heterocycles. The maximum absolute atomic E-state index is 9.80. The molecule has 1 saturated carbocycles. The van der Waals surface area contributed by atoms with Crippen molar-refractivity contribution in [2.45, 2.75) is 30.8 Å². The molecule has 0 aliphatic heterocycles. The molecule has 5 heteroatoms. The topological polar surface area (TPSA) is 84.9 Å². The average molecular weight is 205 g/mol. The summed E-state index contributed by atoms with van der Waals surface area (Å²) in [7, 11) is 3.06. The van der Waals surface area contributed by atoms with Gasteiger partial charge in [0.1, 0.15) is 0 Å². The molecule has 1 rings (SSSR count). The third kappa shape index (κ3) is 2.07. The molecule has 0 aromatic heterocycles. The summed E-state index contributed by atoms with van der Waals surface area (Å²) in [6, 6.07) is -0.451. The SMILES string of the molecule is CO[C@@H]1C(CO)C[C@@H](OC)C(N)C1O. The predicted octanol–water partition coefficient (Wildman–Crippen LogP) is -1.28. The lowest BCUT2D eigenvalue weighted by Gasteiger charge is -2.41. The minimum Gasteiger partial charge on any atom is -0.396 e. The van der Waals surface area contributed by atoms with E-state index >= 15 is 0 Å². The number of hydrogen-bond acceptors (Lipinski definition) is 5. The molecule has 4 N–H and O–H groups in total. The molecule has 0 radical (unpaired) electrons. The van der Waals surface area contributed by atoms with Crippen LogP contribution in [0.2, 0.25) is 0 Å². The van der Waals surface area contributed by atoms with Gasteiger partial charge in [-0.2, -0.15) is 0 Å². The second-order valence-corrected chi connectivity index (χ2v) is 3.72. The van der Waals surface area contributed by atoms with Crippen molar-refractivity contribution < 1.29 is 19.7 Å². The van der Waals surface area contributed by atoms with E-state index in [2.05, 4.69) is 0 Å². The van der Waals surface area contributed by atoms with Crippen LogP contribution in [0.15, 0.2) is 0 Å². The summed E-state index contributed by atoms with van der Waals surface area (Å²) in [4.78, 5) is 0. The standard InChI is InChI=1S/C9H19NO4/c1-13-6-3-5(4-11)9(14-2)8(12)7(6)10/h5-9,11-12H,3-4,10H2,1-2H3/t5?,6-,7?,8?,9-/m1/s1. The van der Waals surface area contributed by atoms with Gasteiger partial charge in [-0.25, -0.2) is 0 Å². The van der Waals surface area contributed by atoms with Crippen molar-refractivity contribution in [1.29, 1.82) is 0 Å². The predicted molar refractivity (Wildman–Crippen MR) is 50.8 cm³/mol. The molecule has 5 atom stereocenters. The second kappa shape index (κ2) is 5.04. The van der Waals surface area contributed by atoms with Gasteiger partial charge in [0.15, 0.2) is 0 Å². The molecule has 84 valence electrons. The minimum absolute atomic E-state index is 0.0256. The van der Waals surface area contributed by atoms with Gasteiger partial charge >= 0.3 is 0 Å². The zero-order valence-electron chi connectivity index (χ0n) is 8.59. The van der Waals surface area contributed by atoms with Gasteiger partial charge in [-0.15, -0.1) is 0 Å². The van der Waals surface area contributed by atoms with Crippen LogP contribution in [0.25, 0.3) is 0 Å². The molecule has 0 aromatic rings. The normalized spacial score (nSPS) is 43.9. The maximum atomic E-state index is 9.80. The van der Waals surface area contributed by atoms with E-state index in [1.165, 1.54) is 7.11 Å². The van der Waals surface area contributed by atoms with E-state index in [4.69, 9.17) is 20.3 Å². The molecule has 0 heterocycles. The highest BCUT2D eigenvalue weighted by molar-refractivity contribution is 4.96. The van der Waals surface area contributed by atoms with Crippen LogP contribution in [0.5, 0.6) is 0 Å². The highest BCUT2D eigenvalue weighted by atomic mass is 16.5. The molecule has 0 spiro atoms. The van der Waals surface area contributed by atoms with Gasteiger partial charge in [0.25, 0.3) is 0 Å². The van der Waals surface area contributed by atoms with E-state index in [0.717, 1.165) is 0 Å². The fraction of sp³-hybridized carbons (Fsp3) is 1.00. The Morgan fingerprint density at radius 1 is 1.36 bits per heavy atom. The molecule has 1 aliphatic carbocycles. The number of nitrogens with two attached hydrogens (primary N) is 1. The molecule has 0 bridgehead atoms. The largest absolute Gasteiger partial charge is 0.396 e. The van der Waals surface area contributed by atoms with Crippen molar-refractivity contribution in [3.05, 3.63) is 0 Å². The van der Waals surface area contributed by atoms with Crippen molar-refractivity contribution in [1.82, 2.24) is 0 Å². The van der Waals surface area contributed by atoms with Crippen molar-refractivity contribution in [2.75, 3.05) is 20.8 Å². The molecular formula is C9H19NO4. The van der Waals surface area contributed by atoms with Gasteiger partial charge < -0.3 is 25.4 Å². The average Bonchev–Trinajstić information content (AvgIpc) is 2.21. The first-order valence-corrected chi connectivity index (χ1v) is 4.75. The lowest BCUT2D eigenvalue weighted by Crippen LogP contribution is -2.59. The third-order valence-electron chi connectivity index (χ3n) is 2.97. The van der Waals surface area contributed by atoms with Gasteiger partial charge in [0.2, 0.25) is 0 Å². The molecule has 3 unspecified atom stereocenters. The smallest absolute Gasteiger partial charge is 0.0981 e. The summed E-state index contributed by atoms with van der Waals surface area (Å²) in [6.07, 6.45) is -0.783. The van der Waals surface area contributed by atoms with Crippen LogP contribution in [0.4, 0.5) is 0 Å². The highest BCUT2D eigenvalue weighted by Gasteiger charge is 2.42. The fourth-order valence-electron chi connectivity index (χ4n) is 2.07. The van der Waals surface area contributed by atoms with Crippen LogP contribution in [0, 0.1) is 5.92 Å². The van der Waals surface area contributed by atoms with Crippen LogP contribution in [0.3, 0.4) is 0 Å². The van der Waals surface area contributed by atoms with Crippen molar-refractivity contribution in [2.24, 2.45) is 11.7 Å². The number of ether oxygens (including phenoxy) is 2. The first-order chi connectivity index (χ1) is 6.65. The van der Waals surface area contributed by atoms with Gasteiger partial charge in [0, 0.05) is 26.7 Å². The Hall–Kier alpha value is -0.200. The lowest BCUT2D eigenvalue weighted by atomic mass is 9.80. The van der Waals surface area contributed by atoms with Gasteiger partial charge in [-0.05, 0) is 6.42 Å². The Bertz CT molecular complexity index is 176.